The lowest BCUT2D eigenvalue weighted by Crippen LogP contribution is -2.61. The summed E-state index contributed by atoms with van der Waals surface area (Å²) in [6.07, 6.45) is 6.41. The number of nitrogens with one attached hydrogen (secondary N) is 1. The van der Waals surface area contributed by atoms with Gasteiger partial charge in [0.05, 0.1) is 18.1 Å². The van der Waals surface area contributed by atoms with Gasteiger partial charge in [0.25, 0.3) is 5.17 Å². The van der Waals surface area contributed by atoms with Gasteiger partial charge in [-0.2, -0.15) is 0 Å². The zero-order valence-corrected chi connectivity index (χ0v) is 15.5. The zero-order chi connectivity index (χ0) is 17.7. The maximum Gasteiger partial charge on any atom is 0.257 e. The van der Waals surface area contributed by atoms with Crippen molar-refractivity contribution in [3.8, 4) is 0 Å². The van der Waals surface area contributed by atoms with Crippen LogP contribution >= 0.6 is 12.2 Å². The van der Waals surface area contributed by atoms with Crippen molar-refractivity contribution in [2.24, 2.45) is 11.8 Å². The second-order valence-corrected chi connectivity index (χ2v) is 8.07. The normalized spacial score (nSPS) is 35.9. The number of hydrogen-bond donors (Lipinski definition) is 1. The van der Waals surface area contributed by atoms with E-state index in [0.29, 0.717) is 29.6 Å². The molecule has 4 aliphatic rings. The van der Waals surface area contributed by atoms with Crippen LogP contribution in [0.3, 0.4) is 0 Å². The maximum absolute atomic E-state index is 6.43. The van der Waals surface area contributed by atoms with E-state index in [-0.39, 0.29) is 0 Å². The molecule has 6 rings (SSSR count). The largest absolute Gasteiger partial charge is 0.456 e. The van der Waals surface area contributed by atoms with E-state index in [1.54, 1.807) is 0 Å². The SMILES string of the molecule is C=CC1CN2CCC1CC2C1(c2ccnc3ccccc23)CNC(=S)O1. The summed E-state index contributed by atoms with van der Waals surface area (Å²) in [6, 6.07) is 10.7. The number of nitrogens with zero attached hydrogens (tertiary/aromatic N) is 2. The van der Waals surface area contributed by atoms with E-state index in [9.17, 15) is 0 Å². The number of thiocarbonyl (C=S) groups is 1. The molecule has 134 valence electrons. The third-order valence-corrected chi connectivity index (χ3v) is 6.75. The van der Waals surface area contributed by atoms with Crippen LogP contribution in [0.15, 0.2) is 49.2 Å². The van der Waals surface area contributed by atoms with E-state index in [2.05, 4.69) is 52.1 Å². The summed E-state index contributed by atoms with van der Waals surface area (Å²) < 4.78 is 6.43. The minimum absolute atomic E-state index is 0.316. The van der Waals surface area contributed by atoms with Crippen LogP contribution in [0.2, 0.25) is 0 Å². The average Bonchev–Trinajstić information content (AvgIpc) is 3.10. The highest BCUT2D eigenvalue weighted by molar-refractivity contribution is 7.80. The molecule has 5 unspecified atom stereocenters. The average molecular weight is 366 g/mol. The summed E-state index contributed by atoms with van der Waals surface area (Å²) in [5.41, 5.74) is 1.75. The van der Waals surface area contributed by atoms with Crippen LogP contribution in [0.1, 0.15) is 18.4 Å². The van der Waals surface area contributed by atoms with Gasteiger partial charge < -0.3 is 10.1 Å². The fourth-order valence-corrected chi connectivity index (χ4v) is 5.46. The van der Waals surface area contributed by atoms with E-state index in [4.69, 9.17) is 17.0 Å². The molecule has 1 N–H and O–H groups in total. The number of ether oxygens (including phenoxy) is 1. The van der Waals surface area contributed by atoms with Crippen LogP contribution in [0.25, 0.3) is 10.9 Å². The standard InChI is InChI=1S/C21H23N3OS/c1-2-14-12-24-10-8-15(14)11-19(24)21(13-23-20(26)25-21)17-7-9-22-18-6-4-3-5-16(17)18/h2-7,9,14-15,19H,1,8,10-13H2,(H,23,26). The van der Waals surface area contributed by atoms with E-state index >= 15 is 0 Å². The summed E-state index contributed by atoms with van der Waals surface area (Å²) in [7, 11) is 0. The Morgan fingerprint density at radius 1 is 1.35 bits per heavy atom. The highest BCUT2D eigenvalue weighted by Crippen LogP contribution is 2.47. The van der Waals surface area contributed by atoms with Crippen molar-refractivity contribution in [1.82, 2.24) is 15.2 Å². The molecule has 0 amide bonds. The Kier molecular flexibility index (Phi) is 3.76. The Balaban J connectivity index is 1.64. The van der Waals surface area contributed by atoms with Crippen LogP contribution < -0.4 is 5.32 Å². The number of rotatable bonds is 3. The molecule has 0 saturated carbocycles. The van der Waals surface area contributed by atoms with Gasteiger partial charge in [-0.1, -0.05) is 24.3 Å². The van der Waals surface area contributed by atoms with Gasteiger partial charge in [0, 0.05) is 23.7 Å². The molecule has 4 nitrogen and oxygen atoms in total. The molecule has 5 heteroatoms. The summed E-state index contributed by atoms with van der Waals surface area (Å²) in [5.74, 6) is 1.28. The van der Waals surface area contributed by atoms with Crippen LogP contribution in [0, 0.1) is 11.8 Å². The number of pyridine rings is 1. The van der Waals surface area contributed by atoms with E-state index in [1.165, 1.54) is 12.0 Å². The molecule has 4 saturated heterocycles. The van der Waals surface area contributed by atoms with E-state index in [1.807, 2.05) is 12.3 Å². The Morgan fingerprint density at radius 3 is 2.96 bits per heavy atom. The molecule has 1 aromatic carbocycles. The van der Waals surface area contributed by atoms with Crippen molar-refractivity contribution in [1.29, 1.82) is 0 Å². The third kappa shape index (κ3) is 2.30. The van der Waals surface area contributed by atoms with Crippen molar-refractivity contribution < 1.29 is 4.74 Å². The molecule has 2 bridgehead atoms. The topological polar surface area (TPSA) is 37.4 Å². The van der Waals surface area contributed by atoms with Gasteiger partial charge in [0.1, 0.15) is 0 Å². The molecule has 1 aromatic heterocycles. The Labute approximate surface area is 159 Å². The molecule has 5 heterocycles. The first-order valence-corrected chi connectivity index (χ1v) is 9.80. The lowest BCUT2D eigenvalue weighted by molar-refractivity contribution is -0.0836. The molecule has 2 aromatic rings. The smallest absolute Gasteiger partial charge is 0.257 e. The van der Waals surface area contributed by atoms with Crippen molar-refractivity contribution >= 4 is 28.3 Å². The fraction of sp³-hybridized carbons (Fsp3) is 0.429. The molecule has 0 radical (unpaired) electrons. The predicted molar refractivity (Wildman–Crippen MR) is 107 cm³/mol. The lowest BCUT2D eigenvalue weighted by Gasteiger charge is -2.54. The highest BCUT2D eigenvalue weighted by atomic mass is 32.1. The summed E-state index contributed by atoms with van der Waals surface area (Å²) >= 11 is 5.41. The van der Waals surface area contributed by atoms with Crippen molar-refractivity contribution in [3.05, 3.63) is 54.7 Å². The first-order chi connectivity index (χ1) is 12.7. The van der Waals surface area contributed by atoms with Gasteiger partial charge in [0.15, 0.2) is 5.60 Å². The Bertz CT molecular complexity index is 879. The molecular formula is C21H23N3OS. The molecule has 5 atom stereocenters. The van der Waals surface area contributed by atoms with Crippen molar-refractivity contribution in [2.45, 2.75) is 24.5 Å². The monoisotopic (exact) mass is 365 g/mol. The minimum atomic E-state index is -0.454. The lowest BCUT2D eigenvalue weighted by atomic mass is 9.69. The number of fused-ring (bicyclic) bond motifs is 4. The van der Waals surface area contributed by atoms with Crippen LogP contribution in [0.5, 0.6) is 0 Å². The summed E-state index contributed by atoms with van der Waals surface area (Å²) in [4.78, 5) is 7.14. The second kappa shape index (κ2) is 6.03. The van der Waals surface area contributed by atoms with Gasteiger partial charge in [0.2, 0.25) is 0 Å². The van der Waals surface area contributed by atoms with E-state index in [0.717, 1.165) is 30.4 Å². The maximum atomic E-state index is 6.43. The van der Waals surface area contributed by atoms with Crippen LogP contribution in [-0.2, 0) is 10.3 Å². The second-order valence-electron chi connectivity index (χ2n) is 7.70. The van der Waals surface area contributed by atoms with Gasteiger partial charge in [-0.15, -0.1) is 6.58 Å². The first-order valence-electron chi connectivity index (χ1n) is 9.39. The minimum Gasteiger partial charge on any atom is -0.456 e. The van der Waals surface area contributed by atoms with Gasteiger partial charge >= 0.3 is 0 Å². The molecule has 4 fully saturated rings. The van der Waals surface area contributed by atoms with Crippen LogP contribution in [-0.4, -0.2) is 40.7 Å². The predicted octanol–water partition coefficient (Wildman–Crippen LogP) is 3.23. The summed E-state index contributed by atoms with van der Waals surface area (Å²) in [6.45, 7) is 6.96. The molecule has 0 spiro atoms. The third-order valence-electron chi connectivity index (χ3n) is 6.52. The number of benzene rings is 1. The molecular weight excluding hydrogens is 342 g/mol. The first kappa shape index (κ1) is 16.2. The molecule has 4 aliphatic heterocycles. The van der Waals surface area contributed by atoms with Crippen LogP contribution in [0.4, 0.5) is 0 Å². The number of hydrogen-bond acceptors (Lipinski definition) is 4. The molecule has 0 aliphatic carbocycles. The number of piperidine rings is 3. The van der Waals surface area contributed by atoms with Gasteiger partial charge in [-0.05, 0) is 55.6 Å². The van der Waals surface area contributed by atoms with Gasteiger partial charge in [-0.3, -0.25) is 9.88 Å². The fourth-order valence-electron chi connectivity index (χ4n) is 5.24. The zero-order valence-electron chi connectivity index (χ0n) is 14.7. The quantitative estimate of drug-likeness (QED) is 0.668. The Hall–Kier alpha value is -1.98. The number of aromatic nitrogens is 1. The highest BCUT2D eigenvalue weighted by Gasteiger charge is 2.55. The summed E-state index contributed by atoms with van der Waals surface area (Å²) in [5, 5.41) is 4.96. The Morgan fingerprint density at radius 2 is 2.23 bits per heavy atom. The van der Waals surface area contributed by atoms with E-state index < -0.39 is 5.60 Å². The number of para-hydroxylation sites is 1. The molecule has 26 heavy (non-hydrogen) atoms. The van der Waals surface area contributed by atoms with Crippen molar-refractivity contribution in [2.75, 3.05) is 19.6 Å². The van der Waals surface area contributed by atoms with Gasteiger partial charge in [-0.25, -0.2) is 0 Å². The van der Waals surface area contributed by atoms with Crippen molar-refractivity contribution in [3.63, 3.8) is 0 Å².